The molecular weight excluding hydrogens is 462 g/mol. The molecular formula is C28H31NO7. The average Bonchev–Trinajstić information content (AvgIpc) is 2.93. The molecule has 190 valence electrons. The zero-order chi connectivity index (χ0) is 25.2. The zero-order valence-electron chi connectivity index (χ0n) is 19.8. The highest BCUT2D eigenvalue weighted by Gasteiger charge is 2.47. The summed E-state index contributed by atoms with van der Waals surface area (Å²) in [6.45, 7) is 0.114. The number of nitrogens with one attached hydrogen (secondary N) is 1. The third-order valence-electron chi connectivity index (χ3n) is 5.91. The second-order valence-electron chi connectivity index (χ2n) is 8.50. The molecule has 8 nitrogen and oxygen atoms in total. The van der Waals surface area contributed by atoms with Gasteiger partial charge in [-0.3, -0.25) is 0 Å². The largest absolute Gasteiger partial charge is 0.445 e. The first kappa shape index (κ1) is 25.8. The van der Waals surface area contributed by atoms with Gasteiger partial charge in [-0.05, 0) is 16.7 Å². The van der Waals surface area contributed by atoms with Crippen LogP contribution in [0.1, 0.15) is 16.7 Å². The molecule has 1 aliphatic rings. The fourth-order valence-corrected chi connectivity index (χ4v) is 4.05. The van der Waals surface area contributed by atoms with Crippen LogP contribution >= 0.6 is 0 Å². The zero-order valence-corrected chi connectivity index (χ0v) is 19.8. The summed E-state index contributed by atoms with van der Waals surface area (Å²) in [7, 11) is 0. The van der Waals surface area contributed by atoms with Crippen molar-refractivity contribution in [3.05, 3.63) is 108 Å². The molecule has 1 fully saturated rings. The standard InChI is InChI=1S/C28H31NO7/c30-16-23-25(33-17-20-10-4-1-5-11-20)26(34-18-21-12-6-2-7-13-21)24(27(31)36-23)29-28(32)35-19-22-14-8-3-9-15-22/h1-15,23-27,30-31H,16-19H2,(H,29,32)/t23-,24-,25-,26-,27?/m0/s1. The smallest absolute Gasteiger partial charge is 0.407 e. The van der Waals surface area contributed by atoms with Crippen molar-refractivity contribution in [2.75, 3.05) is 6.61 Å². The van der Waals surface area contributed by atoms with Gasteiger partial charge in [0.05, 0.1) is 19.8 Å². The number of hydrogen-bond donors (Lipinski definition) is 3. The van der Waals surface area contributed by atoms with Crippen LogP contribution < -0.4 is 5.32 Å². The van der Waals surface area contributed by atoms with E-state index in [0.717, 1.165) is 16.7 Å². The van der Waals surface area contributed by atoms with E-state index in [9.17, 15) is 15.0 Å². The van der Waals surface area contributed by atoms with E-state index < -0.39 is 43.3 Å². The van der Waals surface area contributed by atoms with Gasteiger partial charge in [-0.15, -0.1) is 0 Å². The number of aliphatic hydroxyl groups is 2. The number of amides is 1. The highest BCUT2D eigenvalue weighted by molar-refractivity contribution is 5.67. The quantitative estimate of drug-likeness (QED) is 0.398. The predicted octanol–water partition coefficient (Wildman–Crippen LogP) is 3.16. The molecule has 1 heterocycles. The minimum absolute atomic E-state index is 0.0685. The second kappa shape index (κ2) is 13.2. The number of hydrogen-bond acceptors (Lipinski definition) is 7. The minimum atomic E-state index is -1.44. The van der Waals surface area contributed by atoms with Crippen LogP contribution in [0.25, 0.3) is 0 Å². The van der Waals surface area contributed by atoms with Gasteiger partial charge >= 0.3 is 6.09 Å². The lowest BCUT2D eigenvalue weighted by molar-refractivity contribution is -0.274. The van der Waals surface area contributed by atoms with E-state index in [1.165, 1.54) is 0 Å². The fourth-order valence-electron chi connectivity index (χ4n) is 4.05. The van der Waals surface area contributed by atoms with Crippen molar-refractivity contribution < 1.29 is 34.0 Å². The number of carbonyl (C=O) groups is 1. The van der Waals surface area contributed by atoms with Crippen LogP contribution in [0.5, 0.6) is 0 Å². The molecule has 3 N–H and O–H groups in total. The summed E-state index contributed by atoms with van der Waals surface area (Å²) in [4.78, 5) is 12.6. The molecule has 8 heteroatoms. The number of ether oxygens (including phenoxy) is 4. The molecule has 1 aliphatic heterocycles. The van der Waals surface area contributed by atoms with Crippen LogP contribution in [0.4, 0.5) is 4.79 Å². The van der Waals surface area contributed by atoms with Crippen molar-refractivity contribution in [1.82, 2.24) is 5.32 Å². The number of benzene rings is 3. The Labute approximate surface area is 210 Å². The van der Waals surface area contributed by atoms with Gasteiger partial charge in [-0.1, -0.05) is 91.0 Å². The fraction of sp³-hybridized carbons (Fsp3) is 0.321. The summed E-state index contributed by atoms with van der Waals surface area (Å²) in [6.07, 6.45) is -4.64. The molecule has 1 saturated heterocycles. The van der Waals surface area contributed by atoms with Crippen molar-refractivity contribution in [3.8, 4) is 0 Å². The summed E-state index contributed by atoms with van der Waals surface area (Å²) in [5, 5.41) is 23.4. The van der Waals surface area contributed by atoms with Gasteiger partial charge in [0.2, 0.25) is 0 Å². The average molecular weight is 494 g/mol. The van der Waals surface area contributed by atoms with Gasteiger partial charge in [0.25, 0.3) is 0 Å². The number of carbonyl (C=O) groups excluding carboxylic acids is 1. The van der Waals surface area contributed by atoms with E-state index >= 15 is 0 Å². The maximum Gasteiger partial charge on any atom is 0.407 e. The summed E-state index contributed by atoms with van der Waals surface area (Å²) in [5.74, 6) is 0. The first-order valence-corrected chi connectivity index (χ1v) is 11.9. The Hall–Kier alpha value is -3.27. The van der Waals surface area contributed by atoms with Crippen LogP contribution in [0.3, 0.4) is 0 Å². The number of alkyl carbamates (subject to hydrolysis) is 1. The molecule has 3 aromatic rings. The Morgan fingerprint density at radius 3 is 1.72 bits per heavy atom. The topological polar surface area (TPSA) is 106 Å². The summed E-state index contributed by atoms with van der Waals surface area (Å²) >= 11 is 0. The van der Waals surface area contributed by atoms with Gasteiger partial charge in [0.1, 0.15) is 31.0 Å². The molecule has 5 atom stereocenters. The summed E-state index contributed by atoms with van der Waals surface area (Å²) in [5.41, 5.74) is 2.66. The van der Waals surface area contributed by atoms with Crippen LogP contribution in [0.15, 0.2) is 91.0 Å². The molecule has 0 aromatic heterocycles. The van der Waals surface area contributed by atoms with E-state index in [0.29, 0.717) is 0 Å². The van der Waals surface area contributed by atoms with Crippen molar-refractivity contribution >= 4 is 6.09 Å². The van der Waals surface area contributed by atoms with E-state index in [1.54, 1.807) is 0 Å². The highest BCUT2D eigenvalue weighted by atomic mass is 16.6. The normalized spacial score (nSPS) is 23.7. The molecule has 0 spiro atoms. The van der Waals surface area contributed by atoms with Crippen LogP contribution in [0.2, 0.25) is 0 Å². The maximum absolute atomic E-state index is 12.6. The first-order chi connectivity index (χ1) is 17.6. The molecule has 0 saturated carbocycles. The molecule has 1 amide bonds. The molecule has 0 radical (unpaired) electrons. The molecule has 0 bridgehead atoms. The van der Waals surface area contributed by atoms with E-state index in [1.807, 2.05) is 91.0 Å². The Morgan fingerprint density at radius 1 is 0.750 bits per heavy atom. The van der Waals surface area contributed by atoms with E-state index in [-0.39, 0.29) is 19.8 Å². The van der Waals surface area contributed by atoms with E-state index in [4.69, 9.17) is 18.9 Å². The van der Waals surface area contributed by atoms with Gasteiger partial charge < -0.3 is 34.5 Å². The van der Waals surface area contributed by atoms with Crippen LogP contribution in [-0.4, -0.2) is 53.6 Å². The molecule has 4 rings (SSSR count). The highest BCUT2D eigenvalue weighted by Crippen LogP contribution is 2.27. The van der Waals surface area contributed by atoms with Crippen molar-refractivity contribution in [3.63, 3.8) is 0 Å². The van der Waals surface area contributed by atoms with Crippen molar-refractivity contribution in [1.29, 1.82) is 0 Å². The minimum Gasteiger partial charge on any atom is -0.445 e. The monoisotopic (exact) mass is 493 g/mol. The Morgan fingerprint density at radius 2 is 1.22 bits per heavy atom. The lowest BCUT2D eigenvalue weighted by Crippen LogP contribution is -2.65. The van der Waals surface area contributed by atoms with Crippen molar-refractivity contribution in [2.45, 2.75) is 50.5 Å². The lowest BCUT2D eigenvalue weighted by atomic mass is 9.96. The summed E-state index contributed by atoms with van der Waals surface area (Å²) in [6, 6.07) is 27.4. The number of rotatable bonds is 10. The van der Waals surface area contributed by atoms with Crippen molar-refractivity contribution in [2.24, 2.45) is 0 Å². The van der Waals surface area contributed by atoms with E-state index in [2.05, 4.69) is 5.32 Å². The van der Waals surface area contributed by atoms with Crippen LogP contribution in [-0.2, 0) is 38.8 Å². The SMILES string of the molecule is O=C(N[C@@H]1C(O)O[C@@H](CO)[C@H](OCc2ccccc2)[C@H]1OCc1ccccc1)OCc1ccccc1. The molecule has 3 aromatic carbocycles. The summed E-state index contributed by atoms with van der Waals surface area (Å²) < 4.78 is 23.3. The molecule has 0 aliphatic carbocycles. The second-order valence-corrected chi connectivity index (χ2v) is 8.50. The predicted molar refractivity (Wildman–Crippen MR) is 132 cm³/mol. The first-order valence-electron chi connectivity index (χ1n) is 11.9. The van der Waals surface area contributed by atoms with Gasteiger partial charge in [-0.25, -0.2) is 4.79 Å². The van der Waals surface area contributed by atoms with Crippen LogP contribution in [0, 0.1) is 0 Å². The molecule has 36 heavy (non-hydrogen) atoms. The lowest BCUT2D eigenvalue weighted by Gasteiger charge is -2.44. The van der Waals surface area contributed by atoms with Gasteiger partial charge in [-0.2, -0.15) is 0 Å². The van der Waals surface area contributed by atoms with Gasteiger partial charge in [0, 0.05) is 0 Å². The Balaban J connectivity index is 1.49. The Bertz CT molecular complexity index is 1050. The third kappa shape index (κ3) is 7.13. The number of aliphatic hydroxyl groups excluding tert-OH is 2. The molecule has 1 unspecified atom stereocenters. The van der Waals surface area contributed by atoms with Gasteiger partial charge in [0.15, 0.2) is 6.29 Å². The Kier molecular flexibility index (Phi) is 9.43. The maximum atomic E-state index is 12.6. The third-order valence-corrected chi connectivity index (χ3v) is 5.91.